The molecule has 2 aromatic heterocycles. The number of aromatic nitrogens is 4. The van der Waals surface area contributed by atoms with Gasteiger partial charge < -0.3 is 4.90 Å². The first-order chi connectivity index (χ1) is 11.4. The molecule has 0 amide bonds. The van der Waals surface area contributed by atoms with E-state index in [-0.39, 0.29) is 10.7 Å². The van der Waals surface area contributed by atoms with Crippen LogP contribution in [-0.2, 0) is 10.0 Å². The van der Waals surface area contributed by atoms with Crippen molar-refractivity contribution in [3.05, 3.63) is 23.5 Å². The van der Waals surface area contributed by atoms with Crippen molar-refractivity contribution in [3.63, 3.8) is 0 Å². The summed E-state index contributed by atoms with van der Waals surface area (Å²) in [6.07, 6.45) is 2.02. The average molecular weight is 352 g/mol. The van der Waals surface area contributed by atoms with Gasteiger partial charge in [-0.3, -0.25) is 9.82 Å². The number of nitrogens with zero attached hydrogens (tertiary/aromatic N) is 4. The first-order valence-electron chi connectivity index (χ1n) is 8.02. The Morgan fingerprint density at radius 3 is 2.25 bits per heavy atom. The van der Waals surface area contributed by atoms with Crippen molar-refractivity contribution in [3.8, 4) is 0 Å². The number of H-pyrrole nitrogens is 1. The lowest BCUT2D eigenvalue weighted by molar-refractivity contribution is 0.600. The minimum Gasteiger partial charge on any atom is -0.355 e. The Morgan fingerprint density at radius 1 is 1.12 bits per heavy atom. The quantitative estimate of drug-likeness (QED) is 0.755. The number of nitrogens with one attached hydrogen (secondary N) is 2. The Balaban J connectivity index is 2.19. The normalized spacial score (nSPS) is 11.5. The summed E-state index contributed by atoms with van der Waals surface area (Å²) in [6.45, 7) is 9.29. The predicted octanol–water partition coefficient (Wildman–Crippen LogP) is 2.24. The van der Waals surface area contributed by atoms with E-state index in [2.05, 4.69) is 43.9 Å². The van der Waals surface area contributed by atoms with E-state index in [9.17, 15) is 8.42 Å². The molecule has 0 aliphatic heterocycles. The second kappa shape index (κ2) is 7.61. The maximum absolute atomic E-state index is 12.5. The van der Waals surface area contributed by atoms with Gasteiger partial charge in [-0.15, -0.1) is 10.2 Å². The average Bonchev–Trinajstić information content (AvgIpc) is 2.87. The SMILES string of the molecule is CCCN(CCC)c1ccc(NS(=O)(=O)c2c(C)n[nH]c2C)nn1. The van der Waals surface area contributed by atoms with Crippen molar-refractivity contribution in [2.45, 2.75) is 45.4 Å². The summed E-state index contributed by atoms with van der Waals surface area (Å²) in [5.41, 5.74) is 0.906. The zero-order valence-corrected chi connectivity index (χ0v) is 15.3. The number of hydrogen-bond acceptors (Lipinski definition) is 6. The van der Waals surface area contributed by atoms with Gasteiger partial charge in [0.05, 0.1) is 11.4 Å². The Bertz CT molecular complexity index is 744. The zero-order chi connectivity index (χ0) is 17.7. The van der Waals surface area contributed by atoms with Gasteiger partial charge in [0, 0.05) is 13.1 Å². The molecule has 0 fully saturated rings. The number of rotatable bonds is 8. The third-order valence-electron chi connectivity index (χ3n) is 3.53. The van der Waals surface area contributed by atoms with E-state index >= 15 is 0 Å². The van der Waals surface area contributed by atoms with E-state index in [1.807, 2.05) is 0 Å². The van der Waals surface area contributed by atoms with E-state index in [4.69, 9.17) is 0 Å². The Hall–Kier alpha value is -2.16. The minimum absolute atomic E-state index is 0.145. The van der Waals surface area contributed by atoms with Crippen LogP contribution in [0.1, 0.15) is 38.1 Å². The Morgan fingerprint density at radius 2 is 1.79 bits per heavy atom. The zero-order valence-electron chi connectivity index (χ0n) is 14.5. The highest BCUT2D eigenvalue weighted by Crippen LogP contribution is 2.20. The van der Waals surface area contributed by atoms with Gasteiger partial charge in [0.25, 0.3) is 10.0 Å². The maximum Gasteiger partial charge on any atom is 0.266 e. The molecular weight excluding hydrogens is 328 g/mol. The molecule has 8 nitrogen and oxygen atoms in total. The van der Waals surface area contributed by atoms with Crippen LogP contribution in [0, 0.1) is 13.8 Å². The van der Waals surface area contributed by atoms with Crippen LogP contribution in [0.5, 0.6) is 0 Å². The van der Waals surface area contributed by atoms with Gasteiger partial charge in [0.15, 0.2) is 11.6 Å². The van der Waals surface area contributed by atoms with Gasteiger partial charge in [-0.2, -0.15) is 5.10 Å². The van der Waals surface area contributed by atoms with Crippen LogP contribution in [0.3, 0.4) is 0 Å². The molecule has 0 atom stereocenters. The molecule has 9 heteroatoms. The van der Waals surface area contributed by atoms with Gasteiger partial charge in [-0.1, -0.05) is 13.8 Å². The number of aromatic amines is 1. The summed E-state index contributed by atoms with van der Waals surface area (Å²) in [6, 6.07) is 3.41. The molecule has 2 N–H and O–H groups in total. The fraction of sp³-hybridized carbons (Fsp3) is 0.533. The molecule has 0 spiro atoms. The molecule has 0 aliphatic carbocycles. The Labute approximate surface area is 142 Å². The first-order valence-corrected chi connectivity index (χ1v) is 9.50. The van der Waals surface area contributed by atoms with Crippen molar-refractivity contribution >= 4 is 21.7 Å². The van der Waals surface area contributed by atoms with Crippen LogP contribution >= 0.6 is 0 Å². The summed E-state index contributed by atoms with van der Waals surface area (Å²) in [4.78, 5) is 2.28. The topological polar surface area (TPSA) is 104 Å². The summed E-state index contributed by atoms with van der Waals surface area (Å²) < 4.78 is 27.4. The molecule has 2 aromatic rings. The highest BCUT2D eigenvalue weighted by atomic mass is 32.2. The fourth-order valence-corrected chi connectivity index (χ4v) is 3.92. The van der Waals surface area contributed by atoms with Crippen molar-refractivity contribution in [2.24, 2.45) is 0 Å². The van der Waals surface area contributed by atoms with E-state index in [1.54, 1.807) is 26.0 Å². The second-order valence-electron chi connectivity index (χ2n) is 5.63. The number of hydrogen-bond donors (Lipinski definition) is 2. The number of anilines is 2. The van der Waals surface area contributed by atoms with Gasteiger partial charge in [0.1, 0.15) is 4.90 Å². The number of aryl methyl sites for hydroxylation is 2. The highest BCUT2D eigenvalue weighted by Gasteiger charge is 2.23. The number of sulfonamides is 1. The van der Waals surface area contributed by atoms with Crippen LogP contribution in [-0.4, -0.2) is 41.9 Å². The largest absolute Gasteiger partial charge is 0.355 e. The lowest BCUT2D eigenvalue weighted by atomic mass is 10.3. The van der Waals surface area contributed by atoms with Crippen LogP contribution < -0.4 is 9.62 Å². The molecule has 0 saturated carbocycles. The minimum atomic E-state index is -3.74. The lowest BCUT2D eigenvalue weighted by Crippen LogP contribution is -2.26. The molecule has 0 aliphatic rings. The third-order valence-corrected chi connectivity index (χ3v) is 5.15. The monoisotopic (exact) mass is 352 g/mol. The van der Waals surface area contributed by atoms with E-state index < -0.39 is 10.0 Å². The third kappa shape index (κ3) is 4.02. The molecule has 0 unspecified atom stereocenters. The van der Waals surface area contributed by atoms with Crippen molar-refractivity contribution in [2.75, 3.05) is 22.7 Å². The summed E-state index contributed by atoms with van der Waals surface area (Å²) in [5.74, 6) is 0.934. The Kier molecular flexibility index (Phi) is 5.76. The summed E-state index contributed by atoms with van der Waals surface area (Å²) in [7, 11) is -3.74. The molecule has 0 aromatic carbocycles. The van der Waals surface area contributed by atoms with Gasteiger partial charge >= 0.3 is 0 Å². The smallest absolute Gasteiger partial charge is 0.266 e. The van der Waals surface area contributed by atoms with Crippen LogP contribution in [0.4, 0.5) is 11.6 Å². The molecule has 2 rings (SSSR count). The summed E-state index contributed by atoms with van der Waals surface area (Å²) in [5, 5.41) is 14.7. The van der Waals surface area contributed by atoms with Crippen LogP contribution in [0.25, 0.3) is 0 Å². The molecular formula is C15H24N6O2S. The van der Waals surface area contributed by atoms with Gasteiger partial charge in [0.2, 0.25) is 0 Å². The second-order valence-corrected chi connectivity index (χ2v) is 7.25. The molecule has 0 radical (unpaired) electrons. The fourth-order valence-electron chi connectivity index (χ4n) is 2.55. The van der Waals surface area contributed by atoms with Crippen LogP contribution in [0.15, 0.2) is 17.0 Å². The standard InChI is InChI=1S/C15H24N6O2S/c1-5-9-21(10-6-2)14-8-7-13(18-19-14)20-24(22,23)15-11(3)16-17-12(15)4/h7-8H,5-6,9-10H2,1-4H3,(H,16,17)(H,18,20). The predicted molar refractivity (Wildman–Crippen MR) is 93.7 cm³/mol. The van der Waals surface area contributed by atoms with Crippen molar-refractivity contribution in [1.82, 2.24) is 20.4 Å². The van der Waals surface area contributed by atoms with Crippen molar-refractivity contribution in [1.29, 1.82) is 0 Å². The van der Waals surface area contributed by atoms with E-state index in [0.29, 0.717) is 11.4 Å². The van der Waals surface area contributed by atoms with E-state index in [0.717, 1.165) is 31.7 Å². The lowest BCUT2D eigenvalue weighted by Gasteiger charge is -2.21. The molecule has 24 heavy (non-hydrogen) atoms. The van der Waals surface area contributed by atoms with Gasteiger partial charge in [-0.05, 0) is 38.8 Å². The molecule has 0 saturated heterocycles. The first kappa shape index (κ1) is 18.2. The highest BCUT2D eigenvalue weighted by molar-refractivity contribution is 7.92. The van der Waals surface area contributed by atoms with E-state index in [1.165, 1.54) is 0 Å². The summed E-state index contributed by atoms with van der Waals surface area (Å²) >= 11 is 0. The molecule has 2 heterocycles. The van der Waals surface area contributed by atoms with Crippen LogP contribution in [0.2, 0.25) is 0 Å². The maximum atomic E-state index is 12.5. The molecule has 132 valence electrons. The van der Waals surface area contributed by atoms with Gasteiger partial charge in [-0.25, -0.2) is 8.42 Å². The molecule has 0 bridgehead atoms. The van der Waals surface area contributed by atoms with Crippen molar-refractivity contribution < 1.29 is 8.42 Å².